The molecule has 0 aliphatic carbocycles. The van der Waals surface area contributed by atoms with E-state index in [2.05, 4.69) is 9.88 Å². The molecule has 1 aromatic heterocycles. The lowest BCUT2D eigenvalue weighted by molar-refractivity contribution is -0.141. The van der Waals surface area contributed by atoms with E-state index in [1.807, 2.05) is 20.0 Å². The molecule has 1 aromatic rings. The van der Waals surface area contributed by atoms with E-state index in [4.69, 9.17) is 9.84 Å². The topological polar surface area (TPSA) is 62.7 Å². The van der Waals surface area contributed by atoms with Crippen LogP contribution in [0.2, 0.25) is 0 Å². The van der Waals surface area contributed by atoms with Gasteiger partial charge in [-0.15, -0.1) is 0 Å². The van der Waals surface area contributed by atoms with Gasteiger partial charge in [0.2, 0.25) is 0 Å². The van der Waals surface area contributed by atoms with E-state index in [1.165, 1.54) is 0 Å². The predicted molar refractivity (Wildman–Crippen MR) is 71.3 cm³/mol. The number of carboxylic acids is 1. The number of nitrogens with zero attached hydrogens (tertiary/aromatic N) is 2. The summed E-state index contributed by atoms with van der Waals surface area (Å²) in [5, 5.41) is 9.01. The molecule has 0 bridgehead atoms. The van der Waals surface area contributed by atoms with Crippen molar-refractivity contribution < 1.29 is 14.6 Å². The summed E-state index contributed by atoms with van der Waals surface area (Å²) in [5.41, 5.74) is 3.03. The number of aryl methyl sites for hydroxylation is 1. The highest BCUT2D eigenvalue weighted by Crippen LogP contribution is 2.26. The minimum atomic E-state index is -0.700. The van der Waals surface area contributed by atoms with Crippen molar-refractivity contribution in [1.82, 2.24) is 9.88 Å². The lowest BCUT2D eigenvalue weighted by Crippen LogP contribution is -2.23. The maximum absolute atomic E-state index is 10.9. The number of rotatable bonds is 4. The molecule has 0 aromatic carbocycles. The quantitative estimate of drug-likeness (QED) is 0.895. The number of hydrogen-bond acceptors (Lipinski definition) is 4. The van der Waals surface area contributed by atoms with Crippen molar-refractivity contribution in [3.05, 3.63) is 23.0 Å². The number of hydrogen-bond donors (Lipinski definition) is 1. The minimum Gasteiger partial charge on any atom is -0.496 e. The van der Waals surface area contributed by atoms with Crippen molar-refractivity contribution in [1.29, 1.82) is 0 Å². The SMILES string of the molecule is COc1c(C)cnc(CN2CCC(C(=O)O)C2)c1C. The standard InChI is InChI=1S/C14H20N2O3/c1-9-6-15-12(10(2)13(9)19-3)8-16-5-4-11(7-16)14(17)18/h6,11H,4-5,7-8H2,1-3H3,(H,17,18). The van der Waals surface area contributed by atoms with Gasteiger partial charge in [-0.2, -0.15) is 0 Å². The van der Waals surface area contributed by atoms with Crippen molar-refractivity contribution in [3.8, 4) is 5.75 Å². The van der Waals surface area contributed by atoms with Crippen LogP contribution in [0.25, 0.3) is 0 Å². The summed E-state index contributed by atoms with van der Waals surface area (Å²) < 4.78 is 5.39. The van der Waals surface area contributed by atoms with Crippen LogP contribution in [-0.4, -0.2) is 41.2 Å². The Balaban J connectivity index is 2.10. The molecule has 0 saturated carbocycles. The molecule has 2 heterocycles. The van der Waals surface area contributed by atoms with Crippen LogP contribution in [-0.2, 0) is 11.3 Å². The van der Waals surface area contributed by atoms with Gasteiger partial charge in [-0.3, -0.25) is 14.7 Å². The molecule has 1 aliphatic rings. The Morgan fingerprint density at radius 2 is 2.32 bits per heavy atom. The van der Waals surface area contributed by atoms with E-state index in [-0.39, 0.29) is 5.92 Å². The lowest BCUT2D eigenvalue weighted by atomic mass is 10.1. The van der Waals surface area contributed by atoms with Gasteiger partial charge < -0.3 is 9.84 Å². The molecule has 0 amide bonds. The fourth-order valence-electron chi connectivity index (χ4n) is 2.62. The normalized spacial score (nSPS) is 19.6. The van der Waals surface area contributed by atoms with Crippen molar-refractivity contribution >= 4 is 5.97 Å². The highest BCUT2D eigenvalue weighted by Gasteiger charge is 2.28. The molecule has 1 unspecified atom stereocenters. The fourth-order valence-corrected chi connectivity index (χ4v) is 2.62. The third-order valence-corrected chi connectivity index (χ3v) is 3.74. The molecule has 1 N–H and O–H groups in total. The summed E-state index contributed by atoms with van der Waals surface area (Å²) in [6.45, 7) is 6.07. The molecule has 1 fully saturated rings. The Hall–Kier alpha value is -1.62. The smallest absolute Gasteiger partial charge is 0.307 e. The molecule has 1 saturated heterocycles. The first-order chi connectivity index (χ1) is 9.02. The molecule has 19 heavy (non-hydrogen) atoms. The second-order valence-corrected chi connectivity index (χ2v) is 5.11. The van der Waals surface area contributed by atoms with Crippen LogP contribution in [0.4, 0.5) is 0 Å². The molecule has 104 valence electrons. The number of likely N-dealkylation sites (tertiary alicyclic amines) is 1. The van der Waals surface area contributed by atoms with Gasteiger partial charge in [0.1, 0.15) is 5.75 Å². The van der Waals surface area contributed by atoms with Crippen molar-refractivity contribution in [3.63, 3.8) is 0 Å². The largest absolute Gasteiger partial charge is 0.496 e. The average molecular weight is 264 g/mol. The highest BCUT2D eigenvalue weighted by molar-refractivity contribution is 5.70. The fraction of sp³-hybridized carbons (Fsp3) is 0.571. The number of aromatic nitrogens is 1. The van der Waals surface area contributed by atoms with Crippen LogP contribution < -0.4 is 4.74 Å². The third kappa shape index (κ3) is 2.87. The first-order valence-corrected chi connectivity index (χ1v) is 6.47. The van der Waals surface area contributed by atoms with Gasteiger partial charge in [-0.25, -0.2) is 0 Å². The zero-order valence-corrected chi connectivity index (χ0v) is 11.6. The molecule has 0 spiro atoms. The van der Waals surface area contributed by atoms with Gasteiger partial charge in [0, 0.05) is 30.4 Å². The van der Waals surface area contributed by atoms with Gasteiger partial charge in [0.05, 0.1) is 18.7 Å². The molecule has 1 atom stereocenters. The summed E-state index contributed by atoms with van der Waals surface area (Å²) in [4.78, 5) is 17.5. The third-order valence-electron chi connectivity index (χ3n) is 3.74. The monoisotopic (exact) mass is 264 g/mol. The number of methoxy groups -OCH3 is 1. The minimum absolute atomic E-state index is 0.243. The van der Waals surface area contributed by atoms with Crippen LogP contribution >= 0.6 is 0 Å². The Bertz CT molecular complexity index is 488. The summed E-state index contributed by atoms with van der Waals surface area (Å²) in [7, 11) is 1.66. The van der Waals surface area contributed by atoms with Gasteiger partial charge in [-0.1, -0.05) is 0 Å². The molecule has 1 aliphatic heterocycles. The second-order valence-electron chi connectivity index (χ2n) is 5.11. The van der Waals surface area contributed by atoms with Crippen molar-refractivity contribution in [2.24, 2.45) is 5.92 Å². The van der Waals surface area contributed by atoms with E-state index in [0.717, 1.165) is 35.5 Å². The van der Waals surface area contributed by atoms with E-state index >= 15 is 0 Å². The highest BCUT2D eigenvalue weighted by atomic mass is 16.5. The molecule has 0 radical (unpaired) electrons. The summed E-state index contributed by atoms with van der Waals surface area (Å²) in [5.74, 6) is -0.0692. The number of pyridine rings is 1. The van der Waals surface area contributed by atoms with E-state index < -0.39 is 5.97 Å². The second kappa shape index (κ2) is 5.57. The lowest BCUT2D eigenvalue weighted by Gasteiger charge is -2.18. The maximum Gasteiger partial charge on any atom is 0.307 e. The molecular formula is C14H20N2O3. The van der Waals surface area contributed by atoms with E-state index in [0.29, 0.717) is 13.1 Å². The Kier molecular flexibility index (Phi) is 4.04. The molecule has 5 nitrogen and oxygen atoms in total. The number of aliphatic carboxylic acids is 1. The number of carboxylic acid groups (broad SMARTS) is 1. The molecular weight excluding hydrogens is 244 g/mol. The number of carbonyl (C=O) groups is 1. The zero-order valence-electron chi connectivity index (χ0n) is 11.6. The molecule has 5 heteroatoms. The molecule has 2 rings (SSSR count). The van der Waals surface area contributed by atoms with Crippen molar-refractivity contribution in [2.45, 2.75) is 26.8 Å². The Morgan fingerprint density at radius 1 is 1.58 bits per heavy atom. The Morgan fingerprint density at radius 3 is 2.89 bits per heavy atom. The van der Waals surface area contributed by atoms with Crippen LogP contribution in [0.1, 0.15) is 23.2 Å². The van der Waals surface area contributed by atoms with Crippen LogP contribution in [0.3, 0.4) is 0 Å². The summed E-state index contributed by atoms with van der Waals surface area (Å²) >= 11 is 0. The summed E-state index contributed by atoms with van der Waals surface area (Å²) in [6.07, 6.45) is 2.53. The Labute approximate surface area is 113 Å². The van der Waals surface area contributed by atoms with Crippen LogP contribution in [0.15, 0.2) is 6.20 Å². The van der Waals surface area contributed by atoms with Crippen molar-refractivity contribution in [2.75, 3.05) is 20.2 Å². The van der Waals surface area contributed by atoms with Gasteiger partial charge in [0.25, 0.3) is 0 Å². The van der Waals surface area contributed by atoms with E-state index in [9.17, 15) is 4.79 Å². The average Bonchev–Trinajstić information content (AvgIpc) is 2.82. The first kappa shape index (κ1) is 13.8. The number of ether oxygens (including phenoxy) is 1. The van der Waals surface area contributed by atoms with Crippen LogP contribution in [0.5, 0.6) is 5.75 Å². The maximum atomic E-state index is 10.9. The van der Waals surface area contributed by atoms with Gasteiger partial charge >= 0.3 is 5.97 Å². The van der Waals surface area contributed by atoms with Crippen LogP contribution in [0, 0.1) is 19.8 Å². The summed E-state index contributed by atoms with van der Waals surface area (Å²) in [6, 6.07) is 0. The first-order valence-electron chi connectivity index (χ1n) is 6.47. The zero-order chi connectivity index (χ0) is 14.0. The van der Waals surface area contributed by atoms with Gasteiger partial charge in [-0.05, 0) is 26.8 Å². The predicted octanol–water partition coefficient (Wildman–Crippen LogP) is 1.61. The van der Waals surface area contributed by atoms with E-state index in [1.54, 1.807) is 7.11 Å². The van der Waals surface area contributed by atoms with Gasteiger partial charge in [0.15, 0.2) is 0 Å².